The summed E-state index contributed by atoms with van der Waals surface area (Å²) in [4.78, 5) is 77.8. The summed E-state index contributed by atoms with van der Waals surface area (Å²) in [5, 5.41) is 49.7. The van der Waals surface area contributed by atoms with Gasteiger partial charge in [-0.3, -0.25) is 38.6 Å². The molecular weight excluding hydrogens is 757 g/mol. The largest absolute Gasteiger partial charge is 0.524 e. The van der Waals surface area contributed by atoms with Crippen molar-refractivity contribution in [2.75, 3.05) is 13.1 Å². The smallest absolute Gasteiger partial charge is 0.481 e. The van der Waals surface area contributed by atoms with Crippen molar-refractivity contribution in [3.63, 3.8) is 0 Å². The molecule has 0 amide bonds. The van der Waals surface area contributed by atoms with Crippen molar-refractivity contribution in [1.29, 1.82) is 0 Å². The van der Waals surface area contributed by atoms with Crippen molar-refractivity contribution >= 4 is 43.6 Å². The Morgan fingerprint density at radius 2 is 0.964 bits per heavy atom. The number of unbranched alkanes of at least 4 members (excludes halogenated alkanes) is 2. The lowest BCUT2D eigenvalue weighted by Gasteiger charge is -2.09. The number of nitrogens with two attached hydrogens (primary N) is 7. The number of rotatable bonds is 21. The van der Waals surface area contributed by atoms with E-state index >= 15 is 0 Å². The maximum atomic E-state index is 10.5. The lowest BCUT2D eigenvalue weighted by Crippen LogP contribution is -2.34. The third-order valence-electron chi connectivity index (χ3n) is 6.48. The zero-order chi connectivity index (χ0) is 43.9. The number of carbonyl (C=O) groups is 6. The average Bonchev–Trinajstić information content (AvgIpc) is 3.07. The Bertz CT molecular complexity index is 1280. The van der Waals surface area contributed by atoms with E-state index in [-0.39, 0.29) is 30.9 Å². The molecule has 0 aromatic heterocycles. The maximum absolute atomic E-state index is 10.5. The topological polar surface area (TPSA) is 473 Å². The molecular formula is C31H60N7O16P. The van der Waals surface area contributed by atoms with Crippen LogP contribution in [0.4, 0.5) is 0 Å². The average molecular weight is 818 g/mol. The Hall–Kier alpha value is -4.29. The highest BCUT2D eigenvalue weighted by atomic mass is 31.2. The minimum absolute atomic E-state index is 0.00554. The lowest BCUT2D eigenvalue weighted by molar-refractivity contribution is -0.141. The van der Waals surface area contributed by atoms with Gasteiger partial charge in [-0.15, -0.1) is 0 Å². The molecule has 0 aliphatic carbocycles. The number of carboxylic acids is 6. The fraction of sp³-hybridized carbons (Fsp3) is 0.613. The van der Waals surface area contributed by atoms with E-state index in [0.29, 0.717) is 31.5 Å². The van der Waals surface area contributed by atoms with Gasteiger partial charge < -0.3 is 75.3 Å². The van der Waals surface area contributed by atoms with Crippen LogP contribution in [0, 0.1) is 5.92 Å². The summed E-state index contributed by atoms with van der Waals surface area (Å²) >= 11 is 0. The van der Waals surface area contributed by atoms with Gasteiger partial charge in [-0.25, -0.2) is 4.57 Å². The Kier molecular flexibility index (Phi) is 34.5. The van der Waals surface area contributed by atoms with Crippen LogP contribution in [0.2, 0.25) is 0 Å². The summed E-state index contributed by atoms with van der Waals surface area (Å²) in [6.45, 7) is 4.76. The first kappa shape index (κ1) is 57.4. The molecule has 0 heterocycles. The molecule has 1 aromatic carbocycles. The van der Waals surface area contributed by atoms with Crippen molar-refractivity contribution in [1.82, 2.24) is 0 Å². The predicted octanol–water partition coefficient (Wildman–Crippen LogP) is -1.52. The molecule has 0 radical (unpaired) electrons. The summed E-state index contributed by atoms with van der Waals surface area (Å²) in [5.74, 6) is -6.08. The minimum atomic E-state index is -4.56. The third-order valence-corrected chi connectivity index (χ3v) is 6.93. The van der Waals surface area contributed by atoms with Crippen molar-refractivity contribution in [2.24, 2.45) is 46.1 Å². The molecule has 0 saturated heterocycles. The van der Waals surface area contributed by atoms with E-state index in [0.717, 1.165) is 25.7 Å². The number of phosphoric ester groups is 1. The van der Waals surface area contributed by atoms with Crippen molar-refractivity contribution in [2.45, 2.75) is 102 Å². The summed E-state index contributed by atoms with van der Waals surface area (Å²) in [7, 11) is -4.56. The van der Waals surface area contributed by atoms with E-state index in [4.69, 9.17) is 80.6 Å². The molecule has 22 N–H and O–H groups in total. The van der Waals surface area contributed by atoms with Gasteiger partial charge in [-0.2, -0.15) is 0 Å². The van der Waals surface area contributed by atoms with E-state index in [2.05, 4.69) is 4.52 Å². The predicted molar refractivity (Wildman–Crippen MR) is 198 cm³/mol. The first-order valence-corrected chi connectivity index (χ1v) is 18.1. The standard InChI is InChI=1S/C9H12NO6P.2C6H14N2O2.C5H9NO4.C5H11NO2/c10-8(9(11)12)5-6-1-3-7(4-2-6)16-17(13,14)15;2*7-4-2-1-3-5(8)6(9)10;6-3(5(9)10)1-2-4(7)8;1-3(2)4(6)5(7)8/h1-4,8H,5,10H2,(H,11,12)(H2,13,14,15);2*5H,1-4,7-8H2,(H,9,10);3H,1-2,6H2,(H,7,8)(H,9,10);3-4H,6H2,1-2H3,(H,7,8). The molecule has 320 valence electrons. The minimum Gasteiger partial charge on any atom is -0.481 e. The molecule has 0 fully saturated rings. The second-order valence-corrected chi connectivity index (χ2v) is 13.0. The fourth-order valence-electron chi connectivity index (χ4n) is 3.12. The Labute approximate surface area is 318 Å². The summed E-state index contributed by atoms with van der Waals surface area (Å²) in [5.41, 5.74) is 37.0. The van der Waals surface area contributed by atoms with Gasteiger partial charge in [-0.05, 0) is 75.2 Å². The van der Waals surface area contributed by atoms with Crippen LogP contribution in [0.5, 0.6) is 5.75 Å². The molecule has 0 saturated carbocycles. The van der Waals surface area contributed by atoms with Gasteiger partial charge in [0.2, 0.25) is 0 Å². The number of aliphatic carboxylic acids is 6. The third kappa shape index (κ3) is 39.2. The quantitative estimate of drug-likeness (QED) is 0.0495. The summed E-state index contributed by atoms with van der Waals surface area (Å²) < 4.78 is 14.9. The van der Waals surface area contributed by atoms with E-state index < -0.39 is 73.8 Å². The molecule has 0 aliphatic heterocycles. The summed E-state index contributed by atoms with van der Waals surface area (Å²) in [6.07, 6.45) is 4.23. The Morgan fingerprint density at radius 1 is 0.600 bits per heavy atom. The fourth-order valence-corrected chi connectivity index (χ4v) is 3.51. The van der Waals surface area contributed by atoms with Crippen molar-refractivity contribution in [3.05, 3.63) is 29.8 Å². The first-order valence-electron chi connectivity index (χ1n) is 16.6. The molecule has 1 rings (SSSR count). The summed E-state index contributed by atoms with van der Waals surface area (Å²) in [6, 6.07) is 1.45. The molecule has 5 atom stereocenters. The van der Waals surface area contributed by atoms with Crippen molar-refractivity contribution < 1.29 is 78.3 Å². The molecule has 0 bridgehead atoms. The van der Waals surface area contributed by atoms with Crippen LogP contribution in [-0.4, -0.2) is 120 Å². The van der Waals surface area contributed by atoms with Gasteiger partial charge in [-0.1, -0.05) is 38.8 Å². The molecule has 24 heteroatoms. The highest BCUT2D eigenvalue weighted by Crippen LogP contribution is 2.37. The van der Waals surface area contributed by atoms with Crippen LogP contribution in [0.1, 0.15) is 70.8 Å². The van der Waals surface area contributed by atoms with E-state index in [1.54, 1.807) is 13.8 Å². The normalized spacial score (nSPS) is 13.1. The van der Waals surface area contributed by atoms with Gasteiger partial charge in [0.05, 0.1) is 0 Å². The monoisotopic (exact) mass is 817 g/mol. The zero-order valence-electron chi connectivity index (χ0n) is 30.9. The van der Waals surface area contributed by atoms with E-state index in [9.17, 15) is 33.3 Å². The molecule has 0 aliphatic rings. The number of phosphoric acid groups is 1. The number of benzene rings is 1. The zero-order valence-corrected chi connectivity index (χ0v) is 31.8. The van der Waals surface area contributed by atoms with Crippen LogP contribution < -0.4 is 44.7 Å². The molecule has 1 aromatic rings. The number of carboxylic acid groups (broad SMARTS) is 6. The van der Waals surface area contributed by atoms with E-state index in [1.807, 2.05) is 0 Å². The second kappa shape index (κ2) is 33.1. The lowest BCUT2D eigenvalue weighted by atomic mass is 10.1. The van der Waals surface area contributed by atoms with Crippen LogP contribution in [0.3, 0.4) is 0 Å². The molecule has 0 spiro atoms. The first-order chi connectivity index (χ1) is 25.2. The molecule has 5 unspecified atom stereocenters. The van der Waals surface area contributed by atoms with Crippen molar-refractivity contribution in [3.8, 4) is 5.75 Å². The van der Waals surface area contributed by atoms with Gasteiger partial charge in [0, 0.05) is 6.42 Å². The number of hydrogen-bond acceptors (Lipinski definition) is 15. The van der Waals surface area contributed by atoms with Crippen LogP contribution in [0.15, 0.2) is 24.3 Å². The van der Waals surface area contributed by atoms with Crippen LogP contribution in [-0.2, 0) is 39.8 Å². The molecule has 23 nitrogen and oxygen atoms in total. The highest BCUT2D eigenvalue weighted by molar-refractivity contribution is 7.46. The van der Waals surface area contributed by atoms with Gasteiger partial charge in [0.25, 0.3) is 0 Å². The maximum Gasteiger partial charge on any atom is 0.524 e. The second-order valence-electron chi connectivity index (χ2n) is 11.8. The van der Waals surface area contributed by atoms with Crippen LogP contribution in [0.25, 0.3) is 0 Å². The Morgan fingerprint density at radius 3 is 1.22 bits per heavy atom. The molecule has 55 heavy (non-hydrogen) atoms. The number of hydrogen-bond donors (Lipinski definition) is 15. The van der Waals surface area contributed by atoms with Crippen LogP contribution >= 0.6 is 7.82 Å². The van der Waals surface area contributed by atoms with Gasteiger partial charge in [0.15, 0.2) is 0 Å². The van der Waals surface area contributed by atoms with E-state index in [1.165, 1.54) is 24.3 Å². The Balaban J connectivity index is -0.000000305. The van der Waals surface area contributed by atoms with Gasteiger partial charge in [0.1, 0.15) is 36.0 Å². The SMILES string of the molecule is CC(C)C(N)C(=O)O.NC(CCC(=O)O)C(=O)O.NC(Cc1ccc(OP(=O)(O)O)cc1)C(=O)O.NCCCCC(N)C(=O)O.NCCCCC(N)C(=O)O. The van der Waals surface area contributed by atoms with Gasteiger partial charge >= 0.3 is 43.6 Å². The highest BCUT2D eigenvalue weighted by Gasteiger charge is 2.17.